The Kier molecular flexibility index (Phi) is 47.2. The maximum absolute atomic E-state index is 13.2. The van der Waals surface area contributed by atoms with E-state index in [2.05, 4.69) is 153 Å². The average molecular weight is 1160 g/mol. The summed E-state index contributed by atoms with van der Waals surface area (Å²) in [4.78, 5) is 13.2. The Morgan fingerprint density at radius 3 is 1.33 bits per heavy atom. The molecule has 83 heavy (non-hydrogen) atoms. The van der Waals surface area contributed by atoms with Gasteiger partial charge in [-0.25, -0.2) is 0 Å². The summed E-state index contributed by atoms with van der Waals surface area (Å²) in [5, 5.41) is 87.0. The summed E-state index contributed by atoms with van der Waals surface area (Å²) in [5.41, 5.74) is 0. The lowest BCUT2D eigenvalue weighted by Gasteiger charge is -2.46. The Balaban J connectivity index is 1.67. The van der Waals surface area contributed by atoms with E-state index in [1.807, 2.05) is 6.08 Å². The number of nitrogens with one attached hydrogen (secondary N) is 1. The number of carbonyl (C=O) groups is 1. The van der Waals surface area contributed by atoms with Crippen LogP contribution in [0.5, 0.6) is 0 Å². The second-order valence-corrected chi connectivity index (χ2v) is 21.4. The minimum atomic E-state index is -1.80. The third-order valence-electron chi connectivity index (χ3n) is 14.3. The van der Waals surface area contributed by atoms with Crippen molar-refractivity contribution in [3.05, 3.63) is 146 Å². The molecule has 14 nitrogen and oxygen atoms in total. The molecule has 0 aromatic rings. The van der Waals surface area contributed by atoms with Crippen LogP contribution >= 0.6 is 0 Å². The van der Waals surface area contributed by atoms with Crippen molar-refractivity contribution in [2.24, 2.45) is 0 Å². The summed E-state index contributed by atoms with van der Waals surface area (Å²) in [5.74, 6) is -0.272. The van der Waals surface area contributed by atoms with E-state index in [0.717, 1.165) is 116 Å². The maximum atomic E-state index is 13.2. The van der Waals surface area contributed by atoms with Gasteiger partial charge >= 0.3 is 0 Å². The molecule has 2 aliphatic rings. The van der Waals surface area contributed by atoms with Gasteiger partial charge in [0, 0.05) is 6.42 Å². The molecule has 12 unspecified atom stereocenters. The Labute approximate surface area is 500 Å². The molecule has 9 N–H and O–H groups in total. The third-order valence-corrected chi connectivity index (χ3v) is 14.3. The molecule has 0 radical (unpaired) electrons. The molecule has 0 spiro atoms. The first-order valence-corrected chi connectivity index (χ1v) is 31.6. The van der Waals surface area contributed by atoms with Crippen LogP contribution in [0, 0.1) is 0 Å². The fourth-order valence-corrected chi connectivity index (χ4v) is 9.22. The topological polar surface area (TPSA) is 228 Å². The number of hydrogen-bond donors (Lipinski definition) is 9. The van der Waals surface area contributed by atoms with Crippen LogP contribution < -0.4 is 5.32 Å². The SMILES string of the molecule is CC/C=C\C/C=C\C/C=C\C/C=C\C/C=C\C/C=C\C/C=C\C/C=C\C/C=C\C/C=C\CCCCCCCCC(=O)NC(COC1OC(CO)C(OC2OC(CO)C(O)C(O)C2O)C(O)C1O)C(O)/C=C/CC/C=C/CCCCCCCC. The number of ether oxygens (including phenoxy) is 4. The Morgan fingerprint density at radius 1 is 0.446 bits per heavy atom. The average Bonchev–Trinajstić information content (AvgIpc) is 3.58. The standard InChI is InChI=1S/C69H111NO13/c1-3-5-7-9-11-13-15-17-18-19-20-21-22-23-24-25-26-27-28-29-30-31-32-33-34-35-36-37-38-39-40-41-43-45-47-49-51-53-61(74)70-57(58(73)52-50-48-46-44-42-16-14-12-10-8-6-4-2)56-80-68-66(79)64(77)67(60(55-72)82-68)83-69-65(78)63(76)62(75)59(54-71)81-69/h5,7,11,13,17-18,20-21,23-24,26-27,29-30,32-33,35-36,38-39,42,44,50,52,57-60,62-69,71-73,75-79H,3-4,6,8-10,12,14-16,19,22,25,28,31,34,37,40-41,43,45-49,51,53-56H2,1-2H3,(H,70,74)/b7-5-,13-11-,18-17-,21-20-,24-23-,27-26-,30-29-,33-32-,36-35-,39-38-,44-42+,52-50+. The van der Waals surface area contributed by atoms with E-state index in [1.54, 1.807) is 6.08 Å². The van der Waals surface area contributed by atoms with Crippen LogP contribution in [0.2, 0.25) is 0 Å². The van der Waals surface area contributed by atoms with Gasteiger partial charge in [-0.05, 0) is 109 Å². The molecular formula is C69H111NO13. The van der Waals surface area contributed by atoms with Gasteiger partial charge in [0.05, 0.1) is 32.0 Å². The predicted octanol–water partition coefficient (Wildman–Crippen LogP) is 11.7. The molecular weight excluding hydrogens is 1050 g/mol. The van der Waals surface area contributed by atoms with Crippen LogP contribution in [-0.4, -0.2) is 140 Å². The Hall–Kier alpha value is -4.13. The van der Waals surface area contributed by atoms with Gasteiger partial charge in [0.15, 0.2) is 12.6 Å². The quantitative estimate of drug-likeness (QED) is 0.0204. The fraction of sp³-hybridized carbons (Fsp3) is 0.638. The van der Waals surface area contributed by atoms with E-state index in [4.69, 9.17) is 18.9 Å². The molecule has 2 rings (SSSR count). The highest BCUT2D eigenvalue weighted by Crippen LogP contribution is 2.30. The molecule has 12 atom stereocenters. The van der Waals surface area contributed by atoms with E-state index < -0.39 is 86.8 Å². The normalized spacial score (nSPS) is 24.8. The number of rotatable bonds is 48. The van der Waals surface area contributed by atoms with E-state index >= 15 is 0 Å². The Bertz CT molecular complexity index is 1950. The Morgan fingerprint density at radius 2 is 0.843 bits per heavy atom. The summed E-state index contributed by atoms with van der Waals surface area (Å²) in [6.45, 7) is 2.60. The zero-order valence-corrected chi connectivity index (χ0v) is 50.6. The van der Waals surface area contributed by atoms with Crippen LogP contribution in [0.25, 0.3) is 0 Å². The molecule has 14 heteroatoms. The fourth-order valence-electron chi connectivity index (χ4n) is 9.22. The molecule has 2 aliphatic heterocycles. The lowest BCUT2D eigenvalue weighted by atomic mass is 9.97. The summed E-state index contributed by atoms with van der Waals surface area (Å²) in [6, 6.07) is -0.949. The molecule has 0 bridgehead atoms. The minimum Gasteiger partial charge on any atom is -0.394 e. The number of aliphatic hydroxyl groups is 8. The van der Waals surface area contributed by atoms with Gasteiger partial charge in [0.25, 0.3) is 0 Å². The molecule has 470 valence electrons. The smallest absolute Gasteiger partial charge is 0.220 e. The monoisotopic (exact) mass is 1160 g/mol. The number of hydrogen-bond acceptors (Lipinski definition) is 13. The lowest BCUT2D eigenvalue weighted by Crippen LogP contribution is -2.65. The van der Waals surface area contributed by atoms with Crippen molar-refractivity contribution in [1.82, 2.24) is 5.32 Å². The highest BCUT2D eigenvalue weighted by molar-refractivity contribution is 5.76. The molecule has 2 saturated heterocycles. The maximum Gasteiger partial charge on any atom is 0.220 e. The number of allylic oxidation sites excluding steroid dienone is 23. The zero-order chi connectivity index (χ0) is 60.2. The van der Waals surface area contributed by atoms with Gasteiger partial charge in [0.2, 0.25) is 5.91 Å². The van der Waals surface area contributed by atoms with Gasteiger partial charge in [-0.1, -0.05) is 217 Å². The van der Waals surface area contributed by atoms with Gasteiger partial charge in [-0.3, -0.25) is 4.79 Å². The van der Waals surface area contributed by atoms with E-state index in [-0.39, 0.29) is 18.9 Å². The zero-order valence-electron chi connectivity index (χ0n) is 50.6. The van der Waals surface area contributed by atoms with Crippen LogP contribution in [0.4, 0.5) is 0 Å². The highest BCUT2D eigenvalue weighted by Gasteiger charge is 2.51. The summed E-state index contributed by atoms with van der Waals surface area (Å²) >= 11 is 0. The number of unbranched alkanes of at least 4 members (excludes halogenated alkanes) is 13. The van der Waals surface area contributed by atoms with Crippen molar-refractivity contribution in [2.45, 2.75) is 261 Å². The van der Waals surface area contributed by atoms with Crippen molar-refractivity contribution in [3.8, 4) is 0 Å². The van der Waals surface area contributed by atoms with Crippen molar-refractivity contribution >= 4 is 5.91 Å². The first-order chi connectivity index (χ1) is 40.6. The second kappa shape index (κ2) is 52.2. The summed E-state index contributed by atoms with van der Waals surface area (Å²) in [6.07, 6.45) is 61.9. The molecule has 2 heterocycles. The number of aliphatic hydroxyl groups excluding tert-OH is 8. The molecule has 2 fully saturated rings. The van der Waals surface area contributed by atoms with Gasteiger partial charge < -0.3 is 65.1 Å². The van der Waals surface area contributed by atoms with Crippen molar-refractivity contribution < 1.29 is 64.6 Å². The molecule has 1 amide bonds. The van der Waals surface area contributed by atoms with Gasteiger partial charge in [-0.15, -0.1) is 0 Å². The van der Waals surface area contributed by atoms with E-state index in [9.17, 15) is 45.6 Å². The second-order valence-electron chi connectivity index (χ2n) is 21.4. The van der Waals surface area contributed by atoms with Crippen LogP contribution in [0.1, 0.15) is 187 Å². The van der Waals surface area contributed by atoms with Crippen LogP contribution in [-0.2, 0) is 23.7 Å². The first-order valence-electron chi connectivity index (χ1n) is 31.6. The summed E-state index contributed by atoms with van der Waals surface area (Å²) < 4.78 is 22.7. The van der Waals surface area contributed by atoms with Gasteiger partial charge in [-0.2, -0.15) is 0 Å². The first kappa shape index (κ1) is 75.0. The minimum absolute atomic E-state index is 0.246. The predicted molar refractivity (Wildman–Crippen MR) is 336 cm³/mol. The van der Waals surface area contributed by atoms with E-state index in [1.165, 1.54) is 38.5 Å². The largest absolute Gasteiger partial charge is 0.394 e. The number of amides is 1. The van der Waals surface area contributed by atoms with Crippen LogP contribution in [0.3, 0.4) is 0 Å². The van der Waals surface area contributed by atoms with Crippen LogP contribution in [0.15, 0.2) is 146 Å². The van der Waals surface area contributed by atoms with E-state index in [0.29, 0.717) is 12.8 Å². The van der Waals surface area contributed by atoms with Crippen molar-refractivity contribution in [1.29, 1.82) is 0 Å². The van der Waals surface area contributed by atoms with Crippen molar-refractivity contribution in [3.63, 3.8) is 0 Å². The van der Waals surface area contributed by atoms with Crippen molar-refractivity contribution in [2.75, 3.05) is 19.8 Å². The molecule has 0 aromatic heterocycles. The lowest BCUT2D eigenvalue weighted by molar-refractivity contribution is -0.359. The molecule has 0 saturated carbocycles. The summed E-state index contributed by atoms with van der Waals surface area (Å²) in [7, 11) is 0. The third kappa shape index (κ3) is 37.1. The molecule has 0 aliphatic carbocycles. The molecule has 0 aromatic carbocycles. The number of carbonyl (C=O) groups excluding carboxylic acids is 1. The van der Waals surface area contributed by atoms with Gasteiger partial charge in [0.1, 0.15) is 48.8 Å². The highest BCUT2D eigenvalue weighted by atomic mass is 16.7.